The molecule has 4 N–H and O–H groups in total. The molecule has 0 aliphatic heterocycles. The van der Waals surface area contributed by atoms with Gasteiger partial charge in [-0.3, -0.25) is 4.79 Å². The van der Waals surface area contributed by atoms with Crippen LogP contribution in [0, 0.1) is 13.8 Å². The van der Waals surface area contributed by atoms with Crippen molar-refractivity contribution in [3.8, 4) is 5.69 Å². The summed E-state index contributed by atoms with van der Waals surface area (Å²) in [7, 11) is 0. The SMILES string of the molecule is Cc1nn(-c2ccccc2)c(C)c1C(N)CC(N)=O. The number of aryl methyl sites for hydroxylation is 1. The molecule has 1 aromatic carbocycles. The topological polar surface area (TPSA) is 86.9 Å². The number of carbonyl (C=O) groups is 1. The van der Waals surface area contributed by atoms with Gasteiger partial charge in [0.1, 0.15) is 0 Å². The van der Waals surface area contributed by atoms with Crippen molar-refractivity contribution in [3.63, 3.8) is 0 Å². The summed E-state index contributed by atoms with van der Waals surface area (Å²) < 4.78 is 1.84. The zero-order valence-electron chi connectivity index (χ0n) is 11.1. The fourth-order valence-corrected chi connectivity index (χ4v) is 2.33. The molecule has 0 saturated carbocycles. The van der Waals surface area contributed by atoms with Gasteiger partial charge in [-0.1, -0.05) is 18.2 Å². The molecule has 1 atom stereocenters. The minimum Gasteiger partial charge on any atom is -0.370 e. The van der Waals surface area contributed by atoms with Gasteiger partial charge in [0, 0.05) is 23.7 Å². The van der Waals surface area contributed by atoms with Crippen molar-refractivity contribution < 1.29 is 4.79 Å². The molecule has 0 spiro atoms. The predicted octanol–water partition coefficient (Wildman–Crippen LogP) is 1.36. The van der Waals surface area contributed by atoms with Crippen LogP contribution in [0.4, 0.5) is 0 Å². The first-order valence-corrected chi connectivity index (χ1v) is 6.16. The number of hydrogen-bond acceptors (Lipinski definition) is 3. The molecule has 2 rings (SSSR count). The first-order valence-electron chi connectivity index (χ1n) is 6.16. The third kappa shape index (κ3) is 2.66. The van der Waals surface area contributed by atoms with Crippen molar-refractivity contribution in [1.82, 2.24) is 9.78 Å². The van der Waals surface area contributed by atoms with E-state index < -0.39 is 11.9 Å². The molecule has 1 unspecified atom stereocenters. The summed E-state index contributed by atoms with van der Waals surface area (Å²) in [6.45, 7) is 3.84. The van der Waals surface area contributed by atoms with E-state index in [0.29, 0.717) is 0 Å². The molecule has 1 heterocycles. The number of nitrogens with zero attached hydrogens (tertiary/aromatic N) is 2. The molecule has 100 valence electrons. The van der Waals surface area contributed by atoms with E-state index in [2.05, 4.69) is 5.10 Å². The van der Waals surface area contributed by atoms with Crippen LogP contribution in [-0.4, -0.2) is 15.7 Å². The van der Waals surface area contributed by atoms with Crippen LogP contribution in [0.1, 0.15) is 29.4 Å². The number of primary amides is 1. The third-order valence-corrected chi connectivity index (χ3v) is 3.14. The van der Waals surface area contributed by atoms with Gasteiger partial charge in [0.2, 0.25) is 5.91 Å². The number of amides is 1. The number of rotatable bonds is 4. The molecule has 0 bridgehead atoms. The zero-order chi connectivity index (χ0) is 14.0. The Hall–Kier alpha value is -2.14. The van der Waals surface area contributed by atoms with E-state index >= 15 is 0 Å². The monoisotopic (exact) mass is 258 g/mol. The maximum Gasteiger partial charge on any atom is 0.219 e. The minimum atomic E-state index is -0.407. The molecule has 0 aliphatic carbocycles. The lowest BCUT2D eigenvalue weighted by molar-refractivity contribution is -0.118. The second-order valence-electron chi connectivity index (χ2n) is 4.61. The Morgan fingerprint density at radius 3 is 2.53 bits per heavy atom. The summed E-state index contributed by atoms with van der Waals surface area (Å²) in [6, 6.07) is 9.40. The van der Waals surface area contributed by atoms with Crippen LogP contribution >= 0.6 is 0 Å². The number of benzene rings is 1. The molecule has 2 aromatic rings. The van der Waals surface area contributed by atoms with E-state index in [1.54, 1.807) is 0 Å². The summed E-state index contributed by atoms with van der Waals surface area (Å²) in [5.74, 6) is -0.404. The number of aromatic nitrogens is 2. The van der Waals surface area contributed by atoms with Gasteiger partial charge in [-0.25, -0.2) is 4.68 Å². The fourth-order valence-electron chi connectivity index (χ4n) is 2.33. The third-order valence-electron chi connectivity index (χ3n) is 3.14. The lowest BCUT2D eigenvalue weighted by atomic mass is 10.0. The molecule has 1 aromatic heterocycles. The maximum absolute atomic E-state index is 11.0. The van der Waals surface area contributed by atoms with Gasteiger partial charge in [0.15, 0.2) is 0 Å². The van der Waals surface area contributed by atoms with Crippen LogP contribution in [0.5, 0.6) is 0 Å². The molecule has 1 amide bonds. The fraction of sp³-hybridized carbons (Fsp3) is 0.286. The molecule has 0 radical (unpaired) electrons. The molecular weight excluding hydrogens is 240 g/mol. The van der Waals surface area contributed by atoms with Gasteiger partial charge < -0.3 is 11.5 Å². The van der Waals surface area contributed by atoms with Crippen LogP contribution in [0.3, 0.4) is 0 Å². The van der Waals surface area contributed by atoms with E-state index in [1.807, 2.05) is 48.9 Å². The van der Waals surface area contributed by atoms with Gasteiger partial charge in [0.25, 0.3) is 0 Å². The van der Waals surface area contributed by atoms with Crippen LogP contribution in [0.2, 0.25) is 0 Å². The average Bonchev–Trinajstić information content (AvgIpc) is 2.65. The maximum atomic E-state index is 11.0. The van der Waals surface area contributed by atoms with Crippen LogP contribution < -0.4 is 11.5 Å². The lowest BCUT2D eigenvalue weighted by Crippen LogP contribution is -2.21. The first-order chi connectivity index (χ1) is 9.00. The predicted molar refractivity (Wildman–Crippen MR) is 73.8 cm³/mol. The standard InChI is InChI=1S/C14H18N4O/c1-9-14(12(15)8-13(16)19)10(2)18(17-9)11-6-4-3-5-7-11/h3-7,12H,8,15H2,1-2H3,(H2,16,19). The van der Waals surface area contributed by atoms with Gasteiger partial charge >= 0.3 is 0 Å². The van der Waals surface area contributed by atoms with Gasteiger partial charge in [-0.15, -0.1) is 0 Å². The molecule has 5 nitrogen and oxygen atoms in total. The molecule has 0 aliphatic rings. The summed E-state index contributed by atoms with van der Waals surface area (Å²) in [4.78, 5) is 11.0. The van der Waals surface area contributed by atoms with Crippen molar-refractivity contribution in [3.05, 3.63) is 47.3 Å². The Morgan fingerprint density at radius 1 is 1.32 bits per heavy atom. The second-order valence-corrected chi connectivity index (χ2v) is 4.61. The highest BCUT2D eigenvalue weighted by Crippen LogP contribution is 2.24. The van der Waals surface area contributed by atoms with Crippen LogP contribution in [-0.2, 0) is 4.79 Å². The Labute approximate surface area is 112 Å². The smallest absolute Gasteiger partial charge is 0.219 e. The van der Waals surface area contributed by atoms with E-state index in [4.69, 9.17) is 11.5 Å². The van der Waals surface area contributed by atoms with Crippen molar-refractivity contribution in [2.75, 3.05) is 0 Å². The van der Waals surface area contributed by atoms with Crippen LogP contribution in [0.25, 0.3) is 5.69 Å². The summed E-state index contributed by atoms with van der Waals surface area (Å²) in [5.41, 5.74) is 14.9. The van der Waals surface area contributed by atoms with Gasteiger partial charge in [-0.05, 0) is 26.0 Å². The Bertz CT molecular complexity index is 589. The van der Waals surface area contributed by atoms with E-state index in [9.17, 15) is 4.79 Å². The van der Waals surface area contributed by atoms with E-state index in [-0.39, 0.29) is 6.42 Å². The summed E-state index contributed by atoms with van der Waals surface area (Å²) in [6.07, 6.45) is 0.127. The molecule has 19 heavy (non-hydrogen) atoms. The highest BCUT2D eigenvalue weighted by atomic mass is 16.1. The average molecular weight is 258 g/mol. The minimum absolute atomic E-state index is 0.127. The molecule has 0 saturated heterocycles. The Kier molecular flexibility index (Phi) is 3.66. The normalized spacial score (nSPS) is 12.4. The number of hydrogen-bond donors (Lipinski definition) is 2. The Balaban J connectivity index is 2.43. The lowest BCUT2D eigenvalue weighted by Gasteiger charge is -2.10. The van der Waals surface area contributed by atoms with E-state index in [0.717, 1.165) is 22.6 Å². The number of carbonyl (C=O) groups excluding carboxylic acids is 1. The Morgan fingerprint density at radius 2 is 1.95 bits per heavy atom. The van der Waals surface area contributed by atoms with Crippen molar-refractivity contribution in [1.29, 1.82) is 0 Å². The summed E-state index contributed by atoms with van der Waals surface area (Å²) >= 11 is 0. The quantitative estimate of drug-likeness (QED) is 0.868. The van der Waals surface area contributed by atoms with Crippen molar-refractivity contribution >= 4 is 5.91 Å². The molecule has 5 heteroatoms. The molecular formula is C14H18N4O. The zero-order valence-corrected chi connectivity index (χ0v) is 11.1. The largest absolute Gasteiger partial charge is 0.370 e. The van der Waals surface area contributed by atoms with Gasteiger partial charge in [-0.2, -0.15) is 5.10 Å². The van der Waals surface area contributed by atoms with Crippen molar-refractivity contribution in [2.24, 2.45) is 11.5 Å². The second kappa shape index (κ2) is 5.24. The number of nitrogens with two attached hydrogens (primary N) is 2. The van der Waals surface area contributed by atoms with Gasteiger partial charge in [0.05, 0.1) is 11.4 Å². The van der Waals surface area contributed by atoms with Crippen LogP contribution in [0.15, 0.2) is 30.3 Å². The highest BCUT2D eigenvalue weighted by molar-refractivity contribution is 5.74. The summed E-state index contributed by atoms with van der Waals surface area (Å²) in [5, 5.41) is 4.49. The van der Waals surface area contributed by atoms with Crippen molar-refractivity contribution in [2.45, 2.75) is 26.3 Å². The first kappa shape index (κ1) is 13.3. The van der Waals surface area contributed by atoms with E-state index in [1.165, 1.54) is 0 Å². The molecule has 0 fully saturated rings. The highest BCUT2D eigenvalue weighted by Gasteiger charge is 2.19. The number of para-hydroxylation sites is 1.